The number of hydrogen-bond donors (Lipinski definition) is 0. The van der Waals surface area contributed by atoms with Crippen LogP contribution in [-0.4, -0.2) is 63.3 Å². The molecular formula is C21H24ClN3O4S. The van der Waals surface area contributed by atoms with Crippen molar-refractivity contribution in [3.8, 4) is 17.2 Å². The van der Waals surface area contributed by atoms with Gasteiger partial charge in [0.2, 0.25) is 0 Å². The van der Waals surface area contributed by atoms with Crippen molar-refractivity contribution in [1.29, 1.82) is 0 Å². The van der Waals surface area contributed by atoms with Gasteiger partial charge in [-0.05, 0) is 44.4 Å². The molecule has 0 atom stereocenters. The van der Waals surface area contributed by atoms with Crippen LogP contribution >= 0.6 is 23.7 Å². The molecule has 1 aromatic heterocycles. The molecule has 1 aliphatic heterocycles. The molecule has 0 aliphatic carbocycles. The molecule has 4 rings (SSSR count). The van der Waals surface area contributed by atoms with Crippen LogP contribution in [0.2, 0.25) is 0 Å². The summed E-state index contributed by atoms with van der Waals surface area (Å²) in [5, 5.41) is 0.645. The van der Waals surface area contributed by atoms with Crippen LogP contribution in [0.15, 0.2) is 36.4 Å². The second-order valence-corrected chi connectivity index (χ2v) is 7.93. The largest absolute Gasteiger partial charge is 0.494 e. The van der Waals surface area contributed by atoms with Gasteiger partial charge >= 0.3 is 0 Å². The Balaban J connectivity index is 0.00000256. The summed E-state index contributed by atoms with van der Waals surface area (Å²) in [6.45, 7) is 2.22. The first-order valence-corrected chi connectivity index (χ1v) is 10.2. The standard InChI is InChI=1S/C21H23N3O4S.ClH/c1-23(2)9-10-24(21-22-19-16(26-3)5-4-6-18(19)29-21)20(25)14-7-8-15-17(13-14)28-12-11-27-15;/h4-8,13H,9-12H2,1-3H3;1H. The zero-order chi connectivity index (χ0) is 20.4. The zero-order valence-corrected chi connectivity index (χ0v) is 18.7. The van der Waals surface area contributed by atoms with Crippen molar-refractivity contribution in [3.05, 3.63) is 42.0 Å². The van der Waals surface area contributed by atoms with Gasteiger partial charge in [-0.15, -0.1) is 12.4 Å². The number of halogens is 1. The van der Waals surface area contributed by atoms with E-state index in [9.17, 15) is 4.79 Å². The Kier molecular flexibility index (Phi) is 7.02. The molecule has 0 radical (unpaired) electrons. The number of fused-ring (bicyclic) bond motifs is 2. The lowest BCUT2D eigenvalue weighted by molar-refractivity contribution is 0.0984. The molecule has 0 spiro atoms. The summed E-state index contributed by atoms with van der Waals surface area (Å²) in [5.41, 5.74) is 1.30. The molecule has 0 bridgehead atoms. The number of nitrogens with zero attached hydrogens (tertiary/aromatic N) is 3. The predicted molar refractivity (Wildman–Crippen MR) is 121 cm³/mol. The molecule has 1 aliphatic rings. The number of benzene rings is 2. The number of rotatable bonds is 6. The number of hydrogen-bond acceptors (Lipinski definition) is 7. The van der Waals surface area contributed by atoms with Gasteiger partial charge in [-0.1, -0.05) is 17.4 Å². The minimum Gasteiger partial charge on any atom is -0.494 e. The van der Waals surface area contributed by atoms with Crippen molar-refractivity contribution in [1.82, 2.24) is 9.88 Å². The molecule has 160 valence electrons. The fourth-order valence-corrected chi connectivity index (χ4v) is 4.12. The lowest BCUT2D eigenvalue weighted by atomic mass is 10.1. The van der Waals surface area contributed by atoms with E-state index < -0.39 is 0 Å². The van der Waals surface area contributed by atoms with E-state index in [2.05, 4.69) is 0 Å². The first-order valence-electron chi connectivity index (χ1n) is 9.36. The molecule has 2 heterocycles. The highest BCUT2D eigenvalue weighted by atomic mass is 35.5. The average molecular weight is 450 g/mol. The molecule has 0 unspecified atom stereocenters. The monoisotopic (exact) mass is 449 g/mol. The summed E-state index contributed by atoms with van der Waals surface area (Å²) < 4.78 is 17.6. The van der Waals surface area contributed by atoms with Crippen LogP contribution in [0, 0.1) is 0 Å². The third-order valence-corrected chi connectivity index (χ3v) is 5.67. The molecule has 0 saturated carbocycles. The fraction of sp³-hybridized carbons (Fsp3) is 0.333. The highest BCUT2D eigenvalue weighted by Gasteiger charge is 2.24. The maximum atomic E-state index is 13.4. The SMILES string of the molecule is COc1cccc2sc(N(CCN(C)C)C(=O)c3ccc4c(c3)OCCO4)nc12.Cl. The van der Waals surface area contributed by atoms with E-state index >= 15 is 0 Å². The third-order valence-electron chi connectivity index (χ3n) is 4.63. The summed E-state index contributed by atoms with van der Waals surface area (Å²) in [5.74, 6) is 1.84. The van der Waals surface area contributed by atoms with E-state index in [0.29, 0.717) is 54.2 Å². The van der Waals surface area contributed by atoms with Crippen LogP contribution in [0.4, 0.5) is 5.13 Å². The number of ether oxygens (including phenoxy) is 3. The Labute approximate surface area is 185 Å². The Morgan fingerprint density at radius 1 is 1.13 bits per heavy atom. The van der Waals surface area contributed by atoms with E-state index in [0.717, 1.165) is 10.2 Å². The number of methoxy groups -OCH3 is 1. The zero-order valence-electron chi connectivity index (χ0n) is 17.1. The van der Waals surface area contributed by atoms with Gasteiger partial charge in [0, 0.05) is 18.7 Å². The second kappa shape index (κ2) is 9.51. The molecule has 7 nitrogen and oxygen atoms in total. The smallest absolute Gasteiger partial charge is 0.260 e. The fourth-order valence-electron chi connectivity index (χ4n) is 3.11. The van der Waals surface area contributed by atoms with Crippen molar-refractivity contribution >= 4 is 45.0 Å². The number of para-hydroxylation sites is 1. The Bertz CT molecular complexity index is 1040. The van der Waals surface area contributed by atoms with E-state index in [-0.39, 0.29) is 18.3 Å². The molecule has 1 amide bonds. The lowest BCUT2D eigenvalue weighted by Gasteiger charge is -2.23. The van der Waals surface area contributed by atoms with Crippen molar-refractivity contribution < 1.29 is 19.0 Å². The summed E-state index contributed by atoms with van der Waals surface area (Å²) in [4.78, 5) is 21.9. The molecule has 0 fully saturated rings. The molecule has 3 aromatic rings. The van der Waals surface area contributed by atoms with Gasteiger partial charge in [0.25, 0.3) is 5.91 Å². The Morgan fingerprint density at radius 3 is 2.63 bits per heavy atom. The number of amides is 1. The van der Waals surface area contributed by atoms with Gasteiger partial charge in [-0.2, -0.15) is 0 Å². The van der Waals surface area contributed by atoms with Crippen molar-refractivity contribution in [2.75, 3.05) is 52.4 Å². The van der Waals surface area contributed by atoms with Gasteiger partial charge in [0.05, 0.1) is 11.8 Å². The number of likely N-dealkylation sites (N-methyl/N-ethyl adjacent to an activating group) is 1. The van der Waals surface area contributed by atoms with Crippen LogP contribution in [0.5, 0.6) is 17.2 Å². The highest BCUT2D eigenvalue weighted by molar-refractivity contribution is 7.22. The van der Waals surface area contributed by atoms with E-state index in [1.807, 2.05) is 37.2 Å². The van der Waals surface area contributed by atoms with Gasteiger partial charge in [-0.3, -0.25) is 9.69 Å². The van der Waals surface area contributed by atoms with Crippen LogP contribution in [-0.2, 0) is 0 Å². The summed E-state index contributed by atoms with van der Waals surface area (Å²) >= 11 is 1.48. The van der Waals surface area contributed by atoms with E-state index in [1.165, 1.54) is 11.3 Å². The summed E-state index contributed by atoms with van der Waals surface area (Å²) in [7, 11) is 5.58. The van der Waals surface area contributed by atoms with Crippen LogP contribution in [0.3, 0.4) is 0 Å². The van der Waals surface area contributed by atoms with Gasteiger partial charge in [0.15, 0.2) is 16.6 Å². The molecule has 9 heteroatoms. The Hall–Kier alpha value is -2.55. The predicted octanol–water partition coefficient (Wildman–Crippen LogP) is 3.71. The first-order chi connectivity index (χ1) is 14.1. The normalized spacial score (nSPS) is 12.5. The van der Waals surface area contributed by atoms with Gasteiger partial charge in [-0.25, -0.2) is 4.98 Å². The number of anilines is 1. The number of carbonyl (C=O) groups excluding carboxylic acids is 1. The summed E-state index contributed by atoms with van der Waals surface area (Å²) in [6, 6.07) is 11.1. The van der Waals surface area contributed by atoms with Crippen molar-refractivity contribution in [2.45, 2.75) is 0 Å². The van der Waals surface area contributed by atoms with Crippen LogP contribution in [0.1, 0.15) is 10.4 Å². The van der Waals surface area contributed by atoms with Gasteiger partial charge in [0.1, 0.15) is 24.5 Å². The molecule has 0 saturated heterocycles. The third kappa shape index (κ3) is 4.45. The highest BCUT2D eigenvalue weighted by Crippen LogP contribution is 2.36. The maximum absolute atomic E-state index is 13.4. The van der Waals surface area contributed by atoms with Crippen LogP contribution in [0.25, 0.3) is 10.2 Å². The maximum Gasteiger partial charge on any atom is 0.260 e. The molecule has 0 N–H and O–H groups in total. The minimum absolute atomic E-state index is 0. The Morgan fingerprint density at radius 2 is 1.90 bits per heavy atom. The quantitative estimate of drug-likeness (QED) is 0.571. The van der Waals surface area contributed by atoms with Crippen molar-refractivity contribution in [2.24, 2.45) is 0 Å². The van der Waals surface area contributed by atoms with E-state index in [4.69, 9.17) is 19.2 Å². The summed E-state index contributed by atoms with van der Waals surface area (Å²) in [6.07, 6.45) is 0. The topological polar surface area (TPSA) is 64.1 Å². The minimum atomic E-state index is -0.123. The first kappa shape index (κ1) is 22.1. The number of thiazole rings is 1. The molecular weight excluding hydrogens is 426 g/mol. The van der Waals surface area contributed by atoms with Crippen LogP contribution < -0.4 is 19.1 Å². The van der Waals surface area contributed by atoms with Crippen molar-refractivity contribution in [3.63, 3.8) is 0 Å². The molecule has 30 heavy (non-hydrogen) atoms. The molecule has 2 aromatic carbocycles. The second-order valence-electron chi connectivity index (χ2n) is 6.92. The number of carbonyl (C=O) groups is 1. The lowest BCUT2D eigenvalue weighted by Crippen LogP contribution is -2.36. The average Bonchev–Trinajstić information content (AvgIpc) is 3.17. The number of aromatic nitrogens is 1. The van der Waals surface area contributed by atoms with E-state index in [1.54, 1.807) is 30.2 Å². The van der Waals surface area contributed by atoms with Gasteiger partial charge < -0.3 is 19.1 Å².